The minimum Gasteiger partial charge on any atom is -0.463 e. The van der Waals surface area contributed by atoms with E-state index in [0.717, 1.165) is 24.3 Å². The third-order valence-electron chi connectivity index (χ3n) is 10.0. The van der Waals surface area contributed by atoms with Crippen LogP contribution in [-0.4, -0.2) is 90.8 Å². The van der Waals surface area contributed by atoms with Crippen molar-refractivity contribution in [3.63, 3.8) is 0 Å². The molecule has 11 nitrogen and oxygen atoms in total. The summed E-state index contributed by atoms with van der Waals surface area (Å²) in [6.45, 7) is 13.0. The number of hydrogen-bond acceptors (Lipinski definition) is 8. The van der Waals surface area contributed by atoms with Crippen LogP contribution in [0.15, 0.2) is 79.9 Å². The van der Waals surface area contributed by atoms with Crippen molar-refractivity contribution in [3.05, 3.63) is 85.5 Å². The third-order valence-corrected chi connectivity index (χ3v) is 10.0. The fourth-order valence-electron chi connectivity index (χ4n) is 7.76. The number of carbonyl (C=O) groups excluding carboxylic acids is 4. The largest absolute Gasteiger partial charge is 0.463 e. The van der Waals surface area contributed by atoms with Gasteiger partial charge in [-0.3, -0.25) is 19.2 Å². The molecule has 2 aromatic rings. The lowest BCUT2D eigenvalue weighted by Gasteiger charge is -2.36. The Labute approximate surface area is 288 Å². The molecule has 3 saturated heterocycles. The molecular formula is C38H48N4O7. The van der Waals surface area contributed by atoms with E-state index in [9.17, 15) is 24.3 Å². The maximum absolute atomic E-state index is 14.6. The molecule has 0 saturated carbocycles. The highest BCUT2D eigenvalue weighted by Crippen LogP contribution is 2.58. The van der Waals surface area contributed by atoms with E-state index in [1.54, 1.807) is 17.1 Å². The number of esters is 1. The second-order valence-corrected chi connectivity index (χ2v) is 12.7. The standard InChI is InChI=1S/C38H48N4O7/c1-5-9-15-31(44)48-25-29(26-13-11-10-12-14-26)39-35(45)32-30-20-21-38(49-30)33(32)36(46)42(23-24-43)34(38)37(47)41(22-6-2)28-18-16-27(17-19-28)40(7-3)8-4/h5-6,10-14,16-19,29-30,32-34,43H,1-2,7-9,15,20-25H2,3-4H3,(H,39,45)/t29-,30+,32-,33-,34+,38-/m0/s1. The van der Waals surface area contributed by atoms with Crippen LogP contribution in [0.1, 0.15) is 51.1 Å². The van der Waals surface area contributed by atoms with Gasteiger partial charge >= 0.3 is 5.97 Å². The smallest absolute Gasteiger partial charge is 0.306 e. The fraction of sp³-hybridized carbons (Fsp3) is 0.474. The van der Waals surface area contributed by atoms with Gasteiger partial charge in [-0.1, -0.05) is 42.5 Å². The normalized spacial score (nSPS) is 24.2. The molecule has 3 aliphatic heterocycles. The molecule has 2 N–H and O–H groups in total. The predicted octanol–water partition coefficient (Wildman–Crippen LogP) is 3.79. The molecule has 3 heterocycles. The maximum atomic E-state index is 14.6. The van der Waals surface area contributed by atoms with Gasteiger partial charge < -0.3 is 34.6 Å². The molecule has 262 valence electrons. The van der Waals surface area contributed by atoms with Crippen LogP contribution in [0.5, 0.6) is 0 Å². The topological polar surface area (TPSA) is 129 Å². The van der Waals surface area contributed by atoms with Crippen molar-refractivity contribution in [1.82, 2.24) is 10.2 Å². The Morgan fingerprint density at radius 1 is 1.08 bits per heavy atom. The number of ether oxygens (including phenoxy) is 2. The number of carbonyl (C=O) groups is 4. The maximum Gasteiger partial charge on any atom is 0.306 e. The molecule has 0 aliphatic carbocycles. The number of fused-ring (bicyclic) bond motifs is 1. The molecule has 0 aromatic heterocycles. The number of nitrogens with zero attached hydrogens (tertiary/aromatic N) is 3. The van der Waals surface area contributed by atoms with Crippen molar-refractivity contribution >= 4 is 35.1 Å². The SMILES string of the molecule is C=CCCC(=O)OC[C@H](NC(=O)[C@@H]1[C@H]2C(=O)N(CCO)[C@H](C(=O)N(CC=C)c3ccc(N(CC)CC)cc3)[C@]23CC[C@H]1O3)c1ccccc1. The second-order valence-electron chi connectivity index (χ2n) is 12.7. The van der Waals surface area contributed by atoms with Gasteiger partial charge in [0.05, 0.1) is 30.6 Å². The van der Waals surface area contributed by atoms with Crippen molar-refractivity contribution in [1.29, 1.82) is 0 Å². The highest BCUT2D eigenvalue weighted by Gasteiger charge is 2.74. The van der Waals surface area contributed by atoms with Crippen LogP contribution < -0.4 is 15.1 Å². The minimum atomic E-state index is -1.24. The lowest BCUT2D eigenvalue weighted by Crippen LogP contribution is -2.57. The number of aliphatic hydroxyl groups is 1. The van der Waals surface area contributed by atoms with E-state index in [4.69, 9.17) is 9.47 Å². The zero-order chi connectivity index (χ0) is 35.1. The molecule has 11 heteroatoms. The molecule has 3 amide bonds. The number of allylic oxidation sites excluding steroid dienone is 1. The number of β-amino-alcohol motifs (C(OH)–C–C–N with tert-alkyl or cyclic N) is 1. The molecule has 5 rings (SSSR count). The van der Waals surface area contributed by atoms with E-state index in [0.29, 0.717) is 24.9 Å². The van der Waals surface area contributed by atoms with Crippen molar-refractivity contribution in [2.24, 2.45) is 11.8 Å². The van der Waals surface area contributed by atoms with Gasteiger partial charge in [-0.25, -0.2) is 0 Å². The van der Waals surface area contributed by atoms with E-state index < -0.39 is 53.4 Å². The monoisotopic (exact) mass is 672 g/mol. The van der Waals surface area contributed by atoms with Gasteiger partial charge in [0.1, 0.15) is 18.2 Å². The van der Waals surface area contributed by atoms with Crippen molar-refractivity contribution in [2.45, 2.75) is 63.3 Å². The Morgan fingerprint density at radius 2 is 1.78 bits per heavy atom. The zero-order valence-electron chi connectivity index (χ0n) is 28.5. The molecule has 2 aromatic carbocycles. The van der Waals surface area contributed by atoms with E-state index in [1.165, 1.54) is 4.90 Å². The molecule has 1 spiro atoms. The first-order valence-corrected chi connectivity index (χ1v) is 17.2. The lowest BCUT2D eigenvalue weighted by atomic mass is 9.70. The predicted molar refractivity (Wildman–Crippen MR) is 187 cm³/mol. The summed E-state index contributed by atoms with van der Waals surface area (Å²) in [6.07, 6.45) is 4.26. The summed E-state index contributed by atoms with van der Waals surface area (Å²) in [5.74, 6) is -3.35. The van der Waals surface area contributed by atoms with Crippen LogP contribution in [0, 0.1) is 11.8 Å². The number of benzene rings is 2. The number of anilines is 2. The number of likely N-dealkylation sites (tertiary alicyclic amines) is 1. The summed E-state index contributed by atoms with van der Waals surface area (Å²) in [5.41, 5.74) is 1.18. The van der Waals surface area contributed by atoms with Gasteiger partial charge in [-0.15, -0.1) is 13.2 Å². The molecule has 6 atom stereocenters. The number of amides is 3. The van der Waals surface area contributed by atoms with E-state index in [-0.39, 0.29) is 38.6 Å². The molecule has 0 radical (unpaired) electrons. The Bertz CT molecular complexity index is 1510. The quantitative estimate of drug-likeness (QED) is 0.192. The third kappa shape index (κ3) is 7.00. The first-order valence-electron chi connectivity index (χ1n) is 17.2. The van der Waals surface area contributed by atoms with Gasteiger partial charge in [0.15, 0.2) is 0 Å². The molecule has 2 bridgehead atoms. The van der Waals surface area contributed by atoms with Gasteiger partial charge in [0.2, 0.25) is 11.8 Å². The van der Waals surface area contributed by atoms with Gasteiger partial charge in [0.25, 0.3) is 5.91 Å². The molecule has 3 fully saturated rings. The average molecular weight is 673 g/mol. The van der Waals surface area contributed by atoms with E-state index in [1.807, 2.05) is 54.6 Å². The summed E-state index contributed by atoms with van der Waals surface area (Å²) in [7, 11) is 0. The number of rotatable bonds is 17. The average Bonchev–Trinajstić information content (AvgIpc) is 3.76. The second kappa shape index (κ2) is 15.8. The Hall–Kier alpha value is -4.48. The van der Waals surface area contributed by atoms with E-state index in [2.05, 4.69) is 37.2 Å². The van der Waals surface area contributed by atoms with Gasteiger partial charge in [-0.2, -0.15) is 0 Å². The summed E-state index contributed by atoms with van der Waals surface area (Å²) in [5, 5.41) is 13.1. The van der Waals surface area contributed by atoms with Crippen LogP contribution in [0.4, 0.5) is 11.4 Å². The summed E-state index contributed by atoms with van der Waals surface area (Å²) >= 11 is 0. The number of nitrogens with one attached hydrogen (secondary N) is 1. The summed E-state index contributed by atoms with van der Waals surface area (Å²) in [6, 6.07) is 15.2. The summed E-state index contributed by atoms with van der Waals surface area (Å²) < 4.78 is 12.1. The lowest BCUT2D eigenvalue weighted by molar-refractivity contribution is -0.146. The molecule has 3 aliphatic rings. The highest BCUT2D eigenvalue weighted by atomic mass is 16.5. The first kappa shape index (κ1) is 35.8. The highest BCUT2D eigenvalue weighted by molar-refractivity contribution is 6.05. The first-order chi connectivity index (χ1) is 23.7. The fourth-order valence-corrected chi connectivity index (χ4v) is 7.76. The molecule has 0 unspecified atom stereocenters. The zero-order valence-corrected chi connectivity index (χ0v) is 28.5. The molecular weight excluding hydrogens is 624 g/mol. The Balaban J connectivity index is 1.43. The summed E-state index contributed by atoms with van der Waals surface area (Å²) in [4.78, 5) is 60.6. The van der Waals surface area contributed by atoms with Crippen LogP contribution >= 0.6 is 0 Å². The van der Waals surface area contributed by atoms with E-state index >= 15 is 0 Å². The van der Waals surface area contributed by atoms with Crippen LogP contribution in [0.2, 0.25) is 0 Å². The van der Waals surface area contributed by atoms with Crippen LogP contribution in [-0.2, 0) is 28.7 Å². The van der Waals surface area contributed by atoms with Crippen LogP contribution in [0.25, 0.3) is 0 Å². The Kier molecular flexibility index (Phi) is 11.6. The number of hydrogen-bond donors (Lipinski definition) is 2. The van der Waals surface area contributed by atoms with Crippen molar-refractivity contribution in [2.75, 3.05) is 49.2 Å². The number of aliphatic hydroxyl groups excluding tert-OH is 1. The van der Waals surface area contributed by atoms with Gasteiger partial charge in [0, 0.05) is 44.0 Å². The van der Waals surface area contributed by atoms with Crippen molar-refractivity contribution in [3.8, 4) is 0 Å². The van der Waals surface area contributed by atoms with Gasteiger partial charge in [-0.05, 0) is 62.9 Å². The minimum absolute atomic E-state index is 0.0774. The van der Waals surface area contributed by atoms with Crippen molar-refractivity contribution < 1.29 is 33.8 Å². The molecule has 49 heavy (non-hydrogen) atoms. The Morgan fingerprint density at radius 3 is 2.41 bits per heavy atom. The van der Waals surface area contributed by atoms with Crippen LogP contribution in [0.3, 0.4) is 0 Å².